The lowest BCUT2D eigenvalue weighted by Gasteiger charge is -2.23. The Labute approximate surface area is 134 Å². The van der Waals surface area contributed by atoms with E-state index in [1.165, 1.54) is 5.56 Å². The van der Waals surface area contributed by atoms with E-state index in [0.717, 1.165) is 17.7 Å². The number of hydrazine groups is 1. The van der Waals surface area contributed by atoms with Gasteiger partial charge in [0.1, 0.15) is 11.9 Å². The number of halogens is 2. The summed E-state index contributed by atoms with van der Waals surface area (Å²) in [5, 5.41) is 1.28. The first kappa shape index (κ1) is 14.7. The first-order valence-corrected chi connectivity index (χ1v) is 7.57. The van der Waals surface area contributed by atoms with Gasteiger partial charge in [-0.2, -0.15) is 0 Å². The molecule has 0 saturated heterocycles. The molecule has 110 valence electrons. The number of benzene rings is 2. The fraction of sp³-hybridized carbons (Fsp3) is 0.250. The molecule has 1 aliphatic rings. The van der Waals surface area contributed by atoms with Crippen molar-refractivity contribution in [1.82, 2.24) is 5.43 Å². The molecule has 0 saturated carbocycles. The molecular weight excluding hydrogens is 307 g/mol. The van der Waals surface area contributed by atoms with Crippen molar-refractivity contribution in [3.63, 3.8) is 0 Å². The van der Waals surface area contributed by atoms with Crippen LogP contribution in [0.15, 0.2) is 42.5 Å². The van der Waals surface area contributed by atoms with Crippen LogP contribution in [-0.2, 0) is 12.8 Å². The van der Waals surface area contributed by atoms with E-state index in [2.05, 4.69) is 11.5 Å². The Morgan fingerprint density at radius 1 is 1.24 bits per heavy atom. The molecule has 1 aliphatic heterocycles. The molecule has 0 aliphatic carbocycles. The predicted octanol–water partition coefficient (Wildman–Crippen LogP) is 3.37. The molecule has 0 fully saturated rings. The van der Waals surface area contributed by atoms with Crippen LogP contribution in [0.2, 0.25) is 10.0 Å². The van der Waals surface area contributed by atoms with Crippen molar-refractivity contribution in [2.24, 2.45) is 5.84 Å². The number of nitrogens with two attached hydrogens (primary N) is 1. The molecule has 2 aromatic rings. The summed E-state index contributed by atoms with van der Waals surface area (Å²) in [6, 6.07) is 13.5. The Morgan fingerprint density at radius 2 is 2.05 bits per heavy atom. The van der Waals surface area contributed by atoms with E-state index < -0.39 is 0 Å². The van der Waals surface area contributed by atoms with Gasteiger partial charge in [0.15, 0.2) is 0 Å². The molecule has 5 heteroatoms. The molecule has 3 nitrogen and oxygen atoms in total. The minimum Gasteiger partial charge on any atom is -0.488 e. The van der Waals surface area contributed by atoms with Gasteiger partial charge in [0, 0.05) is 16.5 Å². The minimum atomic E-state index is -0.0175. The summed E-state index contributed by atoms with van der Waals surface area (Å²) < 4.78 is 5.98. The first-order valence-electron chi connectivity index (χ1n) is 6.82. The standard InChI is InChI=1S/C16H16Cl2N2O/c17-12-6-5-10(13(18)9-12)7-14(20-19)16-8-11-3-1-2-4-15(11)21-16/h1-6,9,14,16,20H,7-8,19H2. The van der Waals surface area contributed by atoms with Crippen LogP contribution in [0.5, 0.6) is 5.75 Å². The van der Waals surface area contributed by atoms with Crippen molar-refractivity contribution in [3.8, 4) is 5.75 Å². The van der Waals surface area contributed by atoms with Gasteiger partial charge in [-0.3, -0.25) is 11.3 Å². The quantitative estimate of drug-likeness (QED) is 0.670. The van der Waals surface area contributed by atoms with Crippen molar-refractivity contribution < 1.29 is 4.74 Å². The smallest absolute Gasteiger partial charge is 0.123 e. The van der Waals surface area contributed by atoms with Crippen LogP contribution in [0, 0.1) is 0 Å². The predicted molar refractivity (Wildman–Crippen MR) is 85.8 cm³/mol. The molecular formula is C16H16Cl2N2O. The Morgan fingerprint density at radius 3 is 2.76 bits per heavy atom. The van der Waals surface area contributed by atoms with Crippen LogP contribution in [0.25, 0.3) is 0 Å². The third-order valence-corrected chi connectivity index (χ3v) is 4.38. The fourth-order valence-corrected chi connectivity index (χ4v) is 3.14. The molecule has 3 rings (SSSR count). The van der Waals surface area contributed by atoms with Crippen LogP contribution in [0.3, 0.4) is 0 Å². The van der Waals surface area contributed by atoms with Crippen molar-refractivity contribution in [2.45, 2.75) is 25.0 Å². The molecule has 0 amide bonds. The van der Waals surface area contributed by atoms with Crippen LogP contribution in [-0.4, -0.2) is 12.1 Å². The molecule has 21 heavy (non-hydrogen) atoms. The largest absolute Gasteiger partial charge is 0.488 e. The Bertz CT molecular complexity index is 623. The summed E-state index contributed by atoms with van der Waals surface area (Å²) in [4.78, 5) is 0. The number of hydrogen-bond donors (Lipinski definition) is 2. The van der Waals surface area contributed by atoms with E-state index in [9.17, 15) is 0 Å². The molecule has 0 aromatic heterocycles. The number of ether oxygens (including phenoxy) is 1. The van der Waals surface area contributed by atoms with Crippen molar-refractivity contribution >= 4 is 23.2 Å². The third kappa shape index (κ3) is 3.16. The molecule has 0 spiro atoms. The average molecular weight is 323 g/mol. The number of nitrogens with one attached hydrogen (secondary N) is 1. The van der Waals surface area contributed by atoms with E-state index in [-0.39, 0.29) is 12.1 Å². The molecule has 2 aromatic carbocycles. The SMILES string of the molecule is NNC(Cc1ccc(Cl)cc1Cl)C1Cc2ccccc2O1. The molecule has 2 unspecified atom stereocenters. The lowest BCUT2D eigenvalue weighted by Crippen LogP contribution is -2.47. The maximum Gasteiger partial charge on any atom is 0.123 e. The Balaban J connectivity index is 1.75. The number of fused-ring (bicyclic) bond motifs is 1. The lowest BCUT2D eigenvalue weighted by atomic mass is 9.98. The van der Waals surface area contributed by atoms with Crippen molar-refractivity contribution in [1.29, 1.82) is 0 Å². The van der Waals surface area contributed by atoms with Gasteiger partial charge in [-0.05, 0) is 35.7 Å². The summed E-state index contributed by atoms with van der Waals surface area (Å²) in [6.07, 6.45) is 1.53. The fourth-order valence-electron chi connectivity index (χ4n) is 2.66. The zero-order valence-electron chi connectivity index (χ0n) is 11.4. The molecule has 1 heterocycles. The van der Waals surface area contributed by atoms with Gasteiger partial charge >= 0.3 is 0 Å². The highest BCUT2D eigenvalue weighted by molar-refractivity contribution is 6.35. The zero-order chi connectivity index (χ0) is 14.8. The van der Waals surface area contributed by atoms with Gasteiger partial charge in [-0.25, -0.2) is 0 Å². The van der Waals surface area contributed by atoms with Gasteiger partial charge < -0.3 is 4.74 Å². The normalized spacial score (nSPS) is 18.1. The van der Waals surface area contributed by atoms with Gasteiger partial charge in [0.2, 0.25) is 0 Å². The number of rotatable bonds is 4. The molecule has 0 bridgehead atoms. The first-order chi connectivity index (χ1) is 10.2. The second-order valence-electron chi connectivity index (χ2n) is 5.18. The summed E-state index contributed by atoms with van der Waals surface area (Å²) in [6.45, 7) is 0. The van der Waals surface area contributed by atoms with E-state index in [4.69, 9.17) is 33.8 Å². The van der Waals surface area contributed by atoms with Gasteiger partial charge in [0.05, 0.1) is 6.04 Å². The zero-order valence-corrected chi connectivity index (χ0v) is 12.9. The van der Waals surface area contributed by atoms with E-state index in [1.54, 1.807) is 6.07 Å². The van der Waals surface area contributed by atoms with Gasteiger partial charge in [0.25, 0.3) is 0 Å². The maximum absolute atomic E-state index is 6.23. The summed E-state index contributed by atoms with van der Waals surface area (Å²) in [5.41, 5.74) is 5.07. The summed E-state index contributed by atoms with van der Waals surface area (Å²) >= 11 is 12.2. The highest BCUT2D eigenvalue weighted by Gasteiger charge is 2.30. The van der Waals surface area contributed by atoms with E-state index >= 15 is 0 Å². The van der Waals surface area contributed by atoms with Crippen LogP contribution in [0.4, 0.5) is 0 Å². The second kappa shape index (κ2) is 6.24. The maximum atomic E-state index is 6.23. The molecule has 2 atom stereocenters. The van der Waals surface area contributed by atoms with Crippen LogP contribution < -0.4 is 16.0 Å². The van der Waals surface area contributed by atoms with E-state index in [1.807, 2.05) is 30.3 Å². The monoisotopic (exact) mass is 322 g/mol. The third-order valence-electron chi connectivity index (χ3n) is 3.79. The average Bonchev–Trinajstić information content (AvgIpc) is 2.90. The van der Waals surface area contributed by atoms with E-state index in [0.29, 0.717) is 16.5 Å². The van der Waals surface area contributed by atoms with Crippen LogP contribution in [0.1, 0.15) is 11.1 Å². The molecule has 0 radical (unpaired) electrons. The van der Waals surface area contributed by atoms with Crippen molar-refractivity contribution in [2.75, 3.05) is 0 Å². The summed E-state index contributed by atoms with van der Waals surface area (Å²) in [7, 11) is 0. The van der Waals surface area contributed by atoms with Gasteiger partial charge in [-0.15, -0.1) is 0 Å². The lowest BCUT2D eigenvalue weighted by molar-refractivity contribution is 0.177. The Hall–Kier alpha value is -1.26. The summed E-state index contributed by atoms with van der Waals surface area (Å²) in [5.74, 6) is 6.65. The molecule has 3 N–H and O–H groups in total. The highest BCUT2D eigenvalue weighted by atomic mass is 35.5. The Kier molecular flexibility index (Phi) is 4.36. The topological polar surface area (TPSA) is 47.3 Å². The minimum absolute atomic E-state index is 0.000792. The second-order valence-corrected chi connectivity index (χ2v) is 6.02. The van der Waals surface area contributed by atoms with Crippen molar-refractivity contribution in [3.05, 3.63) is 63.6 Å². The van der Waals surface area contributed by atoms with Crippen LogP contribution >= 0.6 is 23.2 Å². The number of para-hydroxylation sites is 1. The highest BCUT2D eigenvalue weighted by Crippen LogP contribution is 2.31. The number of hydrogen-bond acceptors (Lipinski definition) is 3. The van der Waals surface area contributed by atoms with Gasteiger partial charge in [-0.1, -0.05) is 47.5 Å².